The van der Waals surface area contributed by atoms with Crippen molar-refractivity contribution in [1.29, 1.82) is 0 Å². The molecule has 4 nitrogen and oxygen atoms in total. The first kappa shape index (κ1) is 11.9. The molecule has 0 unspecified atom stereocenters. The quantitative estimate of drug-likeness (QED) is 0.866. The van der Waals surface area contributed by atoms with Crippen LogP contribution in [0.1, 0.15) is 24.4 Å². The molecule has 92 valence electrons. The molecule has 0 bridgehead atoms. The predicted octanol–water partition coefficient (Wildman–Crippen LogP) is 1.92. The van der Waals surface area contributed by atoms with E-state index in [9.17, 15) is 9.90 Å². The third-order valence-electron chi connectivity index (χ3n) is 3.17. The minimum atomic E-state index is -0.809. The average molecular weight is 235 g/mol. The molecule has 0 aromatic heterocycles. The number of hydrogen-bond acceptors (Lipinski definition) is 3. The van der Waals surface area contributed by atoms with Crippen LogP contribution < -0.4 is 4.74 Å². The molecule has 2 rings (SSSR count). The van der Waals surface area contributed by atoms with E-state index < -0.39 is 12.0 Å². The van der Waals surface area contributed by atoms with Gasteiger partial charge in [0.25, 0.3) is 0 Å². The van der Waals surface area contributed by atoms with Crippen LogP contribution in [-0.4, -0.2) is 36.2 Å². The number of methoxy groups -OCH3 is 1. The van der Waals surface area contributed by atoms with Crippen molar-refractivity contribution < 1.29 is 14.6 Å². The summed E-state index contributed by atoms with van der Waals surface area (Å²) in [7, 11) is 1.57. The molecular formula is C13H17NO3. The molecule has 1 aromatic carbocycles. The zero-order valence-electron chi connectivity index (χ0n) is 9.93. The molecule has 0 amide bonds. The summed E-state index contributed by atoms with van der Waals surface area (Å²) in [6.45, 7) is 1.68. The summed E-state index contributed by atoms with van der Waals surface area (Å²) in [5.41, 5.74) is 0.740. The fraction of sp³-hybridized carbons (Fsp3) is 0.462. The van der Waals surface area contributed by atoms with E-state index >= 15 is 0 Å². The van der Waals surface area contributed by atoms with Gasteiger partial charge in [-0.05, 0) is 32.0 Å². The molecule has 0 spiro atoms. The predicted molar refractivity (Wildman–Crippen MR) is 64.2 cm³/mol. The molecule has 0 aliphatic carbocycles. The summed E-state index contributed by atoms with van der Waals surface area (Å²) in [5, 5.41) is 9.41. The lowest BCUT2D eigenvalue weighted by atomic mass is 10.0. The topological polar surface area (TPSA) is 49.8 Å². The van der Waals surface area contributed by atoms with Gasteiger partial charge in [-0.1, -0.05) is 18.2 Å². The molecule has 1 heterocycles. The third kappa shape index (κ3) is 2.42. The van der Waals surface area contributed by atoms with Crippen LogP contribution >= 0.6 is 0 Å². The Bertz CT molecular complexity index is 399. The second-order valence-electron chi connectivity index (χ2n) is 4.23. The van der Waals surface area contributed by atoms with Crippen LogP contribution in [0.2, 0.25) is 0 Å². The molecule has 1 atom stereocenters. The van der Waals surface area contributed by atoms with Crippen molar-refractivity contribution in [2.45, 2.75) is 18.9 Å². The fourth-order valence-electron chi connectivity index (χ4n) is 2.38. The summed E-state index contributed by atoms with van der Waals surface area (Å²) < 4.78 is 5.25. The molecule has 1 aromatic rings. The highest BCUT2D eigenvalue weighted by molar-refractivity contribution is 5.76. The highest BCUT2D eigenvalue weighted by atomic mass is 16.5. The number of carbonyl (C=O) groups is 1. The number of ether oxygens (including phenoxy) is 1. The Labute approximate surface area is 101 Å². The van der Waals surface area contributed by atoms with Crippen molar-refractivity contribution in [3.05, 3.63) is 29.8 Å². The van der Waals surface area contributed by atoms with E-state index in [0.29, 0.717) is 5.75 Å². The number of likely N-dealkylation sites (tertiary alicyclic amines) is 1. The maximum Gasteiger partial charge on any atom is 0.325 e. The summed E-state index contributed by atoms with van der Waals surface area (Å²) in [6.07, 6.45) is 2.14. The molecular weight excluding hydrogens is 218 g/mol. The molecule has 1 aliphatic heterocycles. The molecule has 0 radical (unpaired) electrons. The van der Waals surface area contributed by atoms with Crippen LogP contribution in [-0.2, 0) is 4.79 Å². The van der Waals surface area contributed by atoms with E-state index in [-0.39, 0.29) is 0 Å². The molecule has 4 heteroatoms. The number of para-hydroxylation sites is 1. The average Bonchev–Trinajstić information content (AvgIpc) is 2.83. The van der Waals surface area contributed by atoms with Gasteiger partial charge in [-0.25, -0.2) is 0 Å². The van der Waals surface area contributed by atoms with Crippen LogP contribution in [0, 0.1) is 0 Å². The number of rotatable bonds is 4. The van der Waals surface area contributed by atoms with Gasteiger partial charge in [0.05, 0.1) is 7.11 Å². The van der Waals surface area contributed by atoms with Crippen molar-refractivity contribution >= 4 is 5.97 Å². The Balaban J connectivity index is 2.34. The Kier molecular flexibility index (Phi) is 3.64. The minimum Gasteiger partial charge on any atom is -0.496 e. The van der Waals surface area contributed by atoms with Crippen LogP contribution in [0.15, 0.2) is 24.3 Å². The van der Waals surface area contributed by atoms with Gasteiger partial charge in [0.2, 0.25) is 0 Å². The SMILES string of the molecule is COc1ccccc1[C@@H](C(=O)O)N1CCCC1. The second kappa shape index (κ2) is 5.19. The largest absolute Gasteiger partial charge is 0.496 e. The lowest BCUT2D eigenvalue weighted by Gasteiger charge is -2.25. The molecule has 1 saturated heterocycles. The molecule has 0 saturated carbocycles. The number of aliphatic carboxylic acids is 1. The Hall–Kier alpha value is -1.55. The Morgan fingerprint density at radius 1 is 1.35 bits per heavy atom. The number of hydrogen-bond donors (Lipinski definition) is 1. The minimum absolute atomic E-state index is 0.589. The highest BCUT2D eigenvalue weighted by Gasteiger charge is 2.31. The first-order valence-corrected chi connectivity index (χ1v) is 5.84. The van der Waals surface area contributed by atoms with Crippen LogP contribution in [0.4, 0.5) is 0 Å². The van der Waals surface area contributed by atoms with Crippen molar-refractivity contribution in [1.82, 2.24) is 4.90 Å². The van der Waals surface area contributed by atoms with Gasteiger partial charge in [-0.15, -0.1) is 0 Å². The zero-order valence-corrected chi connectivity index (χ0v) is 9.93. The van der Waals surface area contributed by atoms with Gasteiger partial charge in [-0.3, -0.25) is 9.69 Å². The Morgan fingerprint density at radius 2 is 2.00 bits per heavy atom. The normalized spacial score (nSPS) is 17.9. The van der Waals surface area contributed by atoms with Crippen LogP contribution in [0.5, 0.6) is 5.75 Å². The molecule has 1 N–H and O–H groups in total. The van der Waals surface area contributed by atoms with Gasteiger partial charge < -0.3 is 9.84 Å². The monoisotopic (exact) mass is 235 g/mol. The van der Waals surface area contributed by atoms with Gasteiger partial charge in [-0.2, -0.15) is 0 Å². The summed E-state index contributed by atoms with van der Waals surface area (Å²) in [5.74, 6) is -0.164. The van der Waals surface area contributed by atoms with Gasteiger partial charge in [0, 0.05) is 5.56 Å². The van der Waals surface area contributed by atoms with E-state index in [1.165, 1.54) is 0 Å². The number of carboxylic acid groups (broad SMARTS) is 1. The van der Waals surface area contributed by atoms with E-state index in [0.717, 1.165) is 31.5 Å². The zero-order chi connectivity index (χ0) is 12.3. The van der Waals surface area contributed by atoms with Crippen molar-refractivity contribution in [2.24, 2.45) is 0 Å². The smallest absolute Gasteiger partial charge is 0.325 e. The molecule has 1 aliphatic rings. The fourth-order valence-corrected chi connectivity index (χ4v) is 2.38. The standard InChI is InChI=1S/C13H17NO3/c1-17-11-7-3-2-6-10(11)12(13(15)16)14-8-4-5-9-14/h2-3,6-7,12H,4-5,8-9H2,1H3,(H,15,16)/t12-/m0/s1. The lowest BCUT2D eigenvalue weighted by Crippen LogP contribution is -2.32. The van der Waals surface area contributed by atoms with Gasteiger partial charge in [0.15, 0.2) is 0 Å². The van der Waals surface area contributed by atoms with Crippen molar-refractivity contribution in [3.8, 4) is 5.75 Å². The van der Waals surface area contributed by atoms with Crippen molar-refractivity contribution in [2.75, 3.05) is 20.2 Å². The maximum absolute atomic E-state index is 11.5. The first-order valence-electron chi connectivity index (χ1n) is 5.84. The lowest BCUT2D eigenvalue weighted by molar-refractivity contribution is -0.143. The van der Waals surface area contributed by atoms with E-state index in [1.807, 2.05) is 23.1 Å². The van der Waals surface area contributed by atoms with E-state index in [1.54, 1.807) is 13.2 Å². The summed E-state index contributed by atoms with van der Waals surface area (Å²) in [6, 6.07) is 6.75. The number of nitrogens with zero attached hydrogens (tertiary/aromatic N) is 1. The second-order valence-corrected chi connectivity index (χ2v) is 4.23. The number of benzene rings is 1. The number of carboxylic acids is 1. The van der Waals surface area contributed by atoms with Gasteiger partial charge in [0.1, 0.15) is 11.8 Å². The maximum atomic E-state index is 11.5. The third-order valence-corrected chi connectivity index (χ3v) is 3.17. The highest BCUT2D eigenvalue weighted by Crippen LogP contribution is 2.31. The van der Waals surface area contributed by atoms with E-state index in [4.69, 9.17) is 4.74 Å². The van der Waals surface area contributed by atoms with Crippen LogP contribution in [0.3, 0.4) is 0 Å². The molecule has 1 fully saturated rings. The molecule has 17 heavy (non-hydrogen) atoms. The van der Waals surface area contributed by atoms with Crippen molar-refractivity contribution in [3.63, 3.8) is 0 Å². The summed E-state index contributed by atoms with van der Waals surface area (Å²) in [4.78, 5) is 13.5. The van der Waals surface area contributed by atoms with E-state index in [2.05, 4.69) is 0 Å². The van der Waals surface area contributed by atoms with Crippen LogP contribution in [0.25, 0.3) is 0 Å². The van der Waals surface area contributed by atoms with Gasteiger partial charge >= 0.3 is 5.97 Å². The first-order chi connectivity index (χ1) is 8.24. The Morgan fingerprint density at radius 3 is 2.59 bits per heavy atom. The summed E-state index contributed by atoms with van der Waals surface area (Å²) >= 11 is 0.